The Morgan fingerprint density at radius 2 is 1.85 bits per heavy atom. The molecule has 1 N–H and O–H groups in total. The highest BCUT2D eigenvalue weighted by Gasteiger charge is 2.45. The van der Waals surface area contributed by atoms with Crippen molar-refractivity contribution >= 4 is 27.5 Å². The van der Waals surface area contributed by atoms with Gasteiger partial charge >= 0.3 is 0 Å². The van der Waals surface area contributed by atoms with Crippen LogP contribution in [0.3, 0.4) is 0 Å². The van der Waals surface area contributed by atoms with Gasteiger partial charge < -0.3 is 5.32 Å². The fraction of sp³-hybridized carbons (Fsp3) is 0.188. The standard InChI is InChI=1S/C16H13BrFNO/c17-10-5-7-11(8-6-10)19-16(20)14-9-13(14)12-3-1-2-4-15(12)18/h1-8,13-14H,9H2,(H,19,20). The minimum Gasteiger partial charge on any atom is -0.326 e. The van der Waals surface area contributed by atoms with Gasteiger partial charge in [-0.1, -0.05) is 34.1 Å². The van der Waals surface area contributed by atoms with E-state index in [0.717, 1.165) is 10.2 Å². The van der Waals surface area contributed by atoms with Crippen molar-refractivity contribution in [1.29, 1.82) is 0 Å². The lowest BCUT2D eigenvalue weighted by molar-refractivity contribution is -0.117. The Morgan fingerprint density at radius 3 is 2.55 bits per heavy atom. The summed E-state index contributed by atoms with van der Waals surface area (Å²) in [6.45, 7) is 0. The minimum absolute atomic E-state index is 0.00616. The first-order valence-electron chi connectivity index (χ1n) is 6.46. The van der Waals surface area contributed by atoms with Crippen molar-refractivity contribution in [3.63, 3.8) is 0 Å². The molecule has 0 aromatic heterocycles. The van der Waals surface area contributed by atoms with Gasteiger partial charge in [0.25, 0.3) is 0 Å². The first kappa shape index (κ1) is 13.3. The Labute approximate surface area is 125 Å². The molecule has 2 atom stereocenters. The smallest absolute Gasteiger partial charge is 0.228 e. The summed E-state index contributed by atoms with van der Waals surface area (Å²) in [6, 6.07) is 14.1. The van der Waals surface area contributed by atoms with Gasteiger partial charge in [0.05, 0.1) is 0 Å². The SMILES string of the molecule is O=C(Nc1ccc(Br)cc1)C1CC1c1ccccc1F. The highest BCUT2D eigenvalue weighted by atomic mass is 79.9. The molecule has 0 saturated heterocycles. The van der Waals surface area contributed by atoms with Crippen LogP contribution in [0.25, 0.3) is 0 Å². The summed E-state index contributed by atoms with van der Waals surface area (Å²) in [5, 5.41) is 2.87. The summed E-state index contributed by atoms with van der Waals surface area (Å²) in [5.41, 5.74) is 1.40. The highest BCUT2D eigenvalue weighted by molar-refractivity contribution is 9.10. The van der Waals surface area contributed by atoms with E-state index in [1.807, 2.05) is 24.3 Å². The van der Waals surface area contributed by atoms with Crippen LogP contribution in [-0.2, 0) is 4.79 Å². The number of hydrogen-bond donors (Lipinski definition) is 1. The Morgan fingerprint density at radius 1 is 1.15 bits per heavy atom. The lowest BCUT2D eigenvalue weighted by atomic mass is 10.1. The first-order chi connectivity index (χ1) is 9.65. The third-order valence-corrected chi connectivity index (χ3v) is 4.07. The normalized spacial score (nSPS) is 20.5. The lowest BCUT2D eigenvalue weighted by Crippen LogP contribution is -2.14. The molecule has 20 heavy (non-hydrogen) atoms. The molecule has 1 fully saturated rings. The topological polar surface area (TPSA) is 29.1 Å². The summed E-state index contributed by atoms with van der Waals surface area (Å²) in [5.74, 6) is -0.390. The van der Waals surface area contributed by atoms with Crippen LogP contribution >= 0.6 is 15.9 Å². The van der Waals surface area contributed by atoms with Crippen molar-refractivity contribution in [2.24, 2.45) is 5.92 Å². The van der Waals surface area contributed by atoms with Gasteiger partial charge in [-0.3, -0.25) is 4.79 Å². The number of benzene rings is 2. The molecule has 0 aliphatic heterocycles. The molecule has 2 aromatic carbocycles. The number of nitrogens with one attached hydrogen (secondary N) is 1. The summed E-state index contributed by atoms with van der Waals surface area (Å²) in [6.07, 6.45) is 0.712. The summed E-state index contributed by atoms with van der Waals surface area (Å²) in [7, 11) is 0. The predicted molar refractivity (Wildman–Crippen MR) is 80.0 cm³/mol. The van der Waals surface area contributed by atoms with Crippen LogP contribution in [0.2, 0.25) is 0 Å². The molecular formula is C16H13BrFNO. The van der Waals surface area contributed by atoms with E-state index in [9.17, 15) is 9.18 Å². The molecule has 2 nitrogen and oxygen atoms in total. The molecule has 1 saturated carbocycles. The van der Waals surface area contributed by atoms with E-state index >= 15 is 0 Å². The van der Waals surface area contributed by atoms with Crippen LogP contribution in [0, 0.1) is 11.7 Å². The third-order valence-electron chi connectivity index (χ3n) is 3.54. The van der Waals surface area contributed by atoms with E-state index in [4.69, 9.17) is 0 Å². The second-order valence-corrected chi connectivity index (χ2v) is 5.88. The van der Waals surface area contributed by atoms with Crippen molar-refractivity contribution in [2.75, 3.05) is 5.32 Å². The Kier molecular flexibility index (Phi) is 3.57. The molecule has 4 heteroatoms. The largest absolute Gasteiger partial charge is 0.326 e. The van der Waals surface area contributed by atoms with Gasteiger partial charge in [-0.05, 0) is 48.2 Å². The van der Waals surface area contributed by atoms with Crippen LogP contribution in [0.4, 0.5) is 10.1 Å². The van der Waals surface area contributed by atoms with Crippen LogP contribution in [0.5, 0.6) is 0 Å². The fourth-order valence-electron chi connectivity index (χ4n) is 2.37. The van der Waals surface area contributed by atoms with Gasteiger partial charge in [-0.25, -0.2) is 4.39 Å². The Balaban J connectivity index is 1.66. The number of hydrogen-bond acceptors (Lipinski definition) is 1. The van der Waals surface area contributed by atoms with Crippen LogP contribution < -0.4 is 5.32 Å². The second kappa shape index (κ2) is 5.37. The number of carbonyl (C=O) groups excluding carboxylic acids is 1. The number of halogens is 2. The summed E-state index contributed by atoms with van der Waals surface area (Å²) >= 11 is 3.35. The molecule has 1 amide bonds. The summed E-state index contributed by atoms with van der Waals surface area (Å²) in [4.78, 5) is 12.1. The van der Waals surface area contributed by atoms with Crippen molar-refractivity contribution in [2.45, 2.75) is 12.3 Å². The second-order valence-electron chi connectivity index (χ2n) is 4.97. The first-order valence-corrected chi connectivity index (χ1v) is 7.25. The van der Waals surface area contributed by atoms with E-state index in [2.05, 4.69) is 21.2 Å². The Hall–Kier alpha value is -1.68. The molecule has 0 heterocycles. The zero-order chi connectivity index (χ0) is 14.1. The summed E-state index contributed by atoms with van der Waals surface area (Å²) < 4.78 is 14.6. The van der Waals surface area contributed by atoms with Gasteiger partial charge in [0.2, 0.25) is 5.91 Å². The van der Waals surface area contributed by atoms with Crippen molar-refractivity contribution in [3.05, 3.63) is 64.4 Å². The molecule has 0 radical (unpaired) electrons. The van der Waals surface area contributed by atoms with Crippen molar-refractivity contribution in [3.8, 4) is 0 Å². The average Bonchev–Trinajstić information content (AvgIpc) is 3.22. The molecule has 1 aliphatic rings. The van der Waals surface area contributed by atoms with Crippen molar-refractivity contribution < 1.29 is 9.18 Å². The van der Waals surface area contributed by atoms with Gasteiger partial charge in [0.1, 0.15) is 5.82 Å². The number of rotatable bonds is 3. The maximum absolute atomic E-state index is 13.7. The third kappa shape index (κ3) is 2.75. The van der Waals surface area contributed by atoms with Gasteiger partial charge in [0.15, 0.2) is 0 Å². The van der Waals surface area contributed by atoms with Gasteiger partial charge in [0, 0.05) is 16.1 Å². The quantitative estimate of drug-likeness (QED) is 0.889. The van der Waals surface area contributed by atoms with E-state index in [1.165, 1.54) is 6.07 Å². The predicted octanol–water partition coefficient (Wildman–Crippen LogP) is 4.33. The molecule has 102 valence electrons. The number of anilines is 1. The monoisotopic (exact) mass is 333 g/mol. The molecule has 0 spiro atoms. The van der Waals surface area contributed by atoms with Gasteiger partial charge in [-0.2, -0.15) is 0 Å². The van der Waals surface area contributed by atoms with E-state index in [-0.39, 0.29) is 23.6 Å². The number of carbonyl (C=O) groups is 1. The Bertz CT molecular complexity index is 641. The van der Waals surface area contributed by atoms with Crippen LogP contribution in [0.15, 0.2) is 53.0 Å². The maximum atomic E-state index is 13.7. The molecule has 2 aromatic rings. The zero-order valence-corrected chi connectivity index (χ0v) is 12.2. The average molecular weight is 334 g/mol. The van der Waals surface area contributed by atoms with Gasteiger partial charge in [-0.15, -0.1) is 0 Å². The fourth-order valence-corrected chi connectivity index (χ4v) is 2.64. The highest BCUT2D eigenvalue weighted by Crippen LogP contribution is 2.48. The molecule has 1 aliphatic carbocycles. The van der Waals surface area contributed by atoms with Crippen molar-refractivity contribution in [1.82, 2.24) is 0 Å². The molecule has 0 bridgehead atoms. The molecular weight excluding hydrogens is 321 g/mol. The van der Waals surface area contributed by atoms with E-state index in [1.54, 1.807) is 18.2 Å². The minimum atomic E-state index is -0.226. The van der Waals surface area contributed by atoms with Crippen LogP contribution in [-0.4, -0.2) is 5.91 Å². The molecule has 2 unspecified atom stereocenters. The van der Waals surface area contributed by atoms with Crippen LogP contribution in [0.1, 0.15) is 17.9 Å². The van der Waals surface area contributed by atoms with E-state index in [0.29, 0.717) is 12.0 Å². The molecule has 3 rings (SSSR count). The van der Waals surface area contributed by atoms with E-state index < -0.39 is 0 Å². The lowest BCUT2D eigenvalue weighted by Gasteiger charge is -2.05. The number of amides is 1. The maximum Gasteiger partial charge on any atom is 0.228 e. The zero-order valence-electron chi connectivity index (χ0n) is 10.6.